The third kappa shape index (κ3) is 5.73. The SMILES string of the molecule is O=C(CNC(=O)c1ccccc1)OCC(=O)N1CCCCCC1. The molecule has 0 saturated carbocycles. The van der Waals surface area contributed by atoms with Gasteiger partial charge in [-0.3, -0.25) is 14.4 Å². The van der Waals surface area contributed by atoms with Crippen molar-refractivity contribution in [3.05, 3.63) is 35.9 Å². The van der Waals surface area contributed by atoms with Gasteiger partial charge in [0.15, 0.2) is 6.61 Å². The van der Waals surface area contributed by atoms with Crippen LogP contribution in [0.15, 0.2) is 30.3 Å². The molecule has 0 aromatic heterocycles. The van der Waals surface area contributed by atoms with Crippen LogP contribution < -0.4 is 5.32 Å². The summed E-state index contributed by atoms with van der Waals surface area (Å²) < 4.78 is 4.94. The van der Waals surface area contributed by atoms with E-state index in [0.717, 1.165) is 38.8 Å². The van der Waals surface area contributed by atoms with Gasteiger partial charge in [0.25, 0.3) is 11.8 Å². The molecule has 1 aromatic rings. The molecule has 0 unspecified atom stereocenters. The smallest absolute Gasteiger partial charge is 0.325 e. The molecule has 6 nitrogen and oxygen atoms in total. The topological polar surface area (TPSA) is 75.7 Å². The number of likely N-dealkylation sites (tertiary alicyclic amines) is 1. The van der Waals surface area contributed by atoms with Gasteiger partial charge in [-0.15, -0.1) is 0 Å². The molecule has 0 atom stereocenters. The van der Waals surface area contributed by atoms with Gasteiger partial charge in [0.2, 0.25) is 0 Å². The van der Waals surface area contributed by atoms with Crippen LogP contribution in [0, 0.1) is 0 Å². The van der Waals surface area contributed by atoms with E-state index < -0.39 is 5.97 Å². The van der Waals surface area contributed by atoms with Gasteiger partial charge in [0.1, 0.15) is 6.54 Å². The van der Waals surface area contributed by atoms with Crippen LogP contribution in [0.1, 0.15) is 36.0 Å². The van der Waals surface area contributed by atoms with Crippen LogP contribution in [-0.2, 0) is 14.3 Å². The zero-order chi connectivity index (χ0) is 16.5. The fraction of sp³-hybridized carbons (Fsp3) is 0.471. The maximum absolute atomic E-state index is 12.0. The Morgan fingerprint density at radius 2 is 1.65 bits per heavy atom. The zero-order valence-corrected chi connectivity index (χ0v) is 13.1. The van der Waals surface area contributed by atoms with Crippen LogP contribution in [0.4, 0.5) is 0 Å². The number of carbonyl (C=O) groups excluding carboxylic acids is 3. The molecule has 124 valence electrons. The second kappa shape index (κ2) is 8.92. The Morgan fingerprint density at radius 3 is 2.30 bits per heavy atom. The normalized spacial score (nSPS) is 14.7. The van der Waals surface area contributed by atoms with Crippen molar-refractivity contribution in [1.29, 1.82) is 0 Å². The molecule has 23 heavy (non-hydrogen) atoms. The lowest BCUT2D eigenvalue weighted by molar-refractivity contribution is -0.151. The molecule has 0 aliphatic carbocycles. The number of rotatable bonds is 5. The highest BCUT2D eigenvalue weighted by Crippen LogP contribution is 2.09. The average Bonchev–Trinajstić information content (AvgIpc) is 2.87. The molecule has 0 radical (unpaired) electrons. The first-order valence-electron chi connectivity index (χ1n) is 7.93. The summed E-state index contributed by atoms with van der Waals surface area (Å²) in [5.41, 5.74) is 0.473. The Kier molecular flexibility index (Phi) is 6.59. The highest BCUT2D eigenvalue weighted by molar-refractivity contribution is 5.96. The number of hydrogen-bond acceptors (Lipinski definition) is 4. The molecule has 1 aliphatic rings. The zero-order valence-electron chi connectivity index (χ0n) is 13.1. The fourth-order valence-corrected chi connectivity index (χ4v) is 2.45. The molecule has 1 aliphatic heterocycles. The number of nitrogens with one attached hydrogen (secondary N) is 1. The minimum Gasteiger partial charge on any atom is -0.454 e. The molecule has 1 aromatic carbocycles. The van der Waals surface area contributed by atoms with E-state index in [4.69, 9.17) is 4.74 Å². The second-order valence-electron chi connectivity index (χ2n) is 5.50. The predicted molar refractivity (Wildman–Crippen MR) is 84.8 cm³/mol. The van der Waals surface area contributed by atoms with Crippen molar-refractivity contribution in [2.24, 2.45) is 0 Å². The fourth-order valence-electron chi connectivity index (χ4n) is 2.45. The van der Waals surface area contributed by atoms with Gasteiger partial charge in [0, 0.05) is 18.7 Å². The Hall–Kier alpha value is -2.37. The summed E-state index contributed by atoms with van der Waals surface area (Å²) in [6.45, 7) is 0.934. The van der Waals surface area contributed by atoms with Crippen LogP contribution in [0.3, 0.4) is 0 Å². The van der Waals surface area contributed by atoms with Crippen molar-refractivity contribution in [1.82, 2.24) is 10.2 Å². The number of carbonyl (C=O) groups is 3. The lowest BCUT2D eigenvalue weighted by Crippen LogP contribution is -2.37. The van der Waals surface area contributed by atoms with Crippen LogP contribution in [-0.4, -0.2) is 48.9 Å². The molecule has 2 amide bonds. The van der Waals surface area contributed by atoms with E-state index in [0.29, 0.717) is 5.56 Å². The molecule has 1 fully saturated rings. The summed E-state index contributed by atoms with van der Waals surface area (Å²) in [6.07, 6.45) is 4.25. The molecule has 2 rings (SSSR count). The Bertz CT molecular complexity index is 537. The summed E-state index contributed by atoms with van der Waals surface area (Å²) in [4.78, 5) is 37.1. The first-order chi connectivity index (χ1) is 11.2. The maximum Gasteiger partial charge on any atom is 0.325 e. The average molecular weight is 318 g/mol. The number of ether oxygens (including phenoxy) is 1. The predicted octanol–water partition coefficient (Wildman–Crippen LogP) is 1.36. The lowest BCUT2D eigenvalue weighted by atomic mass is 10.2. The molecular formula is C17H22N2O4. The van der Waals surface area contributed by atoms with E-state index in [1.165, 1.54) is 0 Å². The van der Waals surface area contributed by atoms with Crippen molar-refractivity contribution in [3.8, 4) is 0 Å². The van der Waals surface area contributed by atoms with Gasteiger partial charge in [-0.25, -0.2) is 0 Å². The third-order valence-corrected chi connectivity index (χ3v) is 3.74. The Balaban J connectivity index is 1.68. The second-order valence-corrected chi connectivity index (χ2v) is 5.50. The van der Waals surface area contributed by atoms with E-state index in [9.17, 15) is 14.4 Å². The minimum absolute atomic E-state index is 0.172. The van der Waals surface area contributed by atoms with Gasteiger partial charge in [-0.05, 0) is 25.0 Å². The molecule has 0 spiro atoms. The van der Waals surface area contributed by atoms with Crippen LogP contribution in [0.25, 0.3) is 0 Å². The van der Waals surface area contributed by atoms with Gasteiger partial charge in [-0.2, -0.15) is 0 Å². The van der Waals surface area contributed by atoms with Gasteiger partial charge >= 0.3 is 5.97 Å². The highest BCUT2D eigenvalue weighted by Gasteiger charge is 2.17. The number of amides is 2. The Morgan fingerprint density at radius 1 is 1.00 bits per heavy atom. The molecule has 1 N–H and O–H groups in total. The maximum atomic E-state index is 12.0. The summed E-state index contributed by atoms with van der Waals surface area (Å²) in [6, 6.07) is 8.60. The molecule has 1 heterocycles. The van der Waals surface area contributed by atoms with Crippen molar-refractivity contribution in [2.45, 2.75) is 25.7 Å². The molecule has 1 saturated heterocycles. The van der Waals surface area contributed by atoms with Gasteiger partial charge in [0.05, 0.1) is 0 Å². The molecule has 0 bridgehead atoms. The van der Waals surface area contributed by atoms with Crippen molar-refractivity contribution >= 4 is 17.8 Å². The minimum atomic E-state index is -0.613. The first kappa shape index (κ1) is 17.0. The van der Waals surface area contributed by atoms with E-state index in [1.54, 1.807) is 35.2 Å². The Labute approximate surface area is 135 Å². The van der Waals surface area contributed by atoms with Crippen molar-refractivity contribution in [2.75, 3.05) is 26.2 Å². The summed E-state index contributed by atoms with van der Waals surface area (Å²) in [5, 5.41) is 2.47. The highest BCUT2D eigenvalue weighted by atomic mass is 16.5. The number of hydrogen-bond donors (Lipinski definition) is 1. The molecular weight excluding hydrogens is 296 g/mol. The quantitative estimate of drug-likeness (QED) is 0.832. The van der Waals surface area contributed by atoms with E-state index in [1.807, 2.05) is 0 Å². The summed E-state index contributed by atoms with van der Waals surface area (Å²) >= 11 is 0. The van der Waals surface area contributed by atoms with Crippen LogP contribution in [0.5, 0.6) is 0 Å². The summed E-state index contributed by atoms with van der Waals surface area (Å²) in [5.74, 6) is -1.13. The van der Waals surface area contributed by atoms with Crippen molar-refractivity contribution in [3.63, 3.8) is 0 Å². The van der Waals surface area contributed by atoms with E-state index in [-0.39, 0.29) is 25.0 Å². The van der Waals surface area contributed by atoms with E-state index >= 15 is 0 Å². The third-order valence-electron chi connectivity index (χ3n) is 3.74. The van der Waals surface area contributed by atoms with E-state index in [2.05, 4.69) is 5.32 Å². The lowest BCUT2D eigenvalue weighted by Gasteiger charge is -2.19. The first-order valence-corrected chi connectivity index (χ1v) is 7.93. The number of nitrogens with zero attached hydrogens (tertiary/aromatic N) is 1. The molecule has 6 heteroatoms. The monoisotopic (exact) mass is 318 g/mol. The number of esters is 1. The number of benzene rings is 1. The van der Waals surface area contributed by atoms with Crippen LogP contribution >= 0.6 is 0 Å². The van der Waals surface area contributed by atoms with Crippen LogP contribution in [0.2, 0.25) is 0 Å². The van der Waals surface area contributed by atoms with Crippen molar-refractivity contribution < 1.29 is 19.1 Å². The largest absolute Gasteiger partial charge is 0.454 e. The standard InChI is InChI=1S/C17H22N2O4/c20-15(19-10-6-1-2-7-11-19)13-23-16(21)12-18-17(22)14-8-4-3-5-9-14/h3-5,8-9H,1-2,6-7,10-13H2,(H,18,22). The van der Waals surface area contributed by atoms with Gasteiger partial charge in [-0.1, -0.05) is 31.0 Å². The summed E-state index contributed by atoms with van der Waals surface area (Å²) in [7, 11) is 0. The van der Waals surface area contributed by atoms with Gasteiger partial charge < -0.3 is 15.0 Å².